The van der Waals surface area contributed by atoms with E-state index in [1.807, 2.05) is 30.3 Å². The molecule has 162 valence electrons. The van der Waals surface area contributed by atoms with Gasteiger partial charge in [0.05, 0.1) is 4.90 Å². The van der Waals surface area contributed by atoms with Crippen LogP contribution in [0.5, 0.6) is 0 Å². The molecule has 2 aromatic rings. The number of carbonyl (C=O) groups excluding carboxylic acids is 2. The van der Waals surface area contributed by atoms with E-state index in [1.54, 1.807) is 37.3 Å². The van der Waals surface area contributed by atoms with E-state index in [1.165, 1.54) is 23.3 Å². The Kier molecular flexibility index (Phi) is 8.56. The molecule has 1 atom stereocenters. The van der Waals surface area contributed by atoms with Crippen molar-refractivity contribution in [1.82, 2.24) is 14.5 Å². The fourth-order valence-electron chi connectivity index (χ4n) is 3.06. The lowest BCUT2D eigenvalue weighted by Gasteiger charge is -2.28. The molecule has 30 heavy (non-hydrogen) atoms. The van der Waals surface area contributed by atoms with Gasteiger partial charge >= 0.3 is 0 Å². The van der Waals surface area contributed by atoms with Crippen LogP contribution >= 0.6 is 0 Å². The zero-order valence-electron chi connectivity index (χ0n) is 17.6. The second kappa shape index (κ2) is 10.9. The highest BCUT2D eigenvalue weighted by Crippen LogP contribution is 2.15. The number of hydrogen-bond acceptors (Lipinski definition) is 4. The maximum absolute atomic E-state index is 12.9. The van der Waals surface area contributed by atoms with Gasteiger partial charge in [0.2, 0.25) is 21.8 Å². The van der Waals surface area contributed by atoms with Crippen LogP contribution in [0.3, 0.4) is 0 Å². The zero-order valence-corrected chi connectivity index (χ0v) is 18.4. The third-order valence-corrected chi connectivity index (χ3v) is 6.80. The molecule has 0 saturated heterocycles. The first-order chi connectivity index (χ1) is 14.3. The Bertz CT molecular complexity index is 933. The summed E-state index contributed by atoms with van der Waals surface area (Å²) in [5, 5.41) is 2.58. The topological polar surface area (TPSA) is 86.8 Å². The molecular weight excluding hydrogens is 402 g/mol. The SMILES string of the molecule is CNC(=O)[C@@H](C)N(Cc1ccccc1)C(=O)CCCN(C)S(=O)(=O)c1ccccc1. The molecular formula is C22H29N3O4S. The van der Waals surface area contributed by atoms with E-state index in [9.17, 15) is 18.0 Å². The number of rotatable bonds is 10. The summed E-state index contributed by atoms with van der Waals surface area (Å²) in [5.74, 6) is -0.441. The van der Waals surface area contributed by atoms with Crippen LogP contribution in [0.25, 0.3) is 0 Å². The lowest BCUT2D eigenvalue weighted by Crippen LogP contribution is -2.46. The van der Waals surface area contributed by atoms with Crippen LogP contribution in [-0.4, -0.2) is 56.1 Å². The zero-order chi connectivity index (χ0) is 22.1. The smallest absolute Gasteiger partial charge is 0.242 e. The fraction of sp³-hybridized carbons (Fsp3) is 0.364. The first-order valence-electron chi connectivity index (χ1n) is 9.83. The fourth-order valence-corrected chi connectivity index (χ4v) is 4.29. The van der Waals surface area contributed by atoms with Crippen LogP contribution in [0, 0.1) is 0 Å². The van der Waals surface area contributed by atoms with E-state index in [-0.39, 0.29) is 29.7 Å². The summed E-state index contributed by atoms with van der Waals surface area (Å²) >= 11 is 0. The van der Waals surface area contributed by atoms with Crippen molar-refractivity contribution in [1.29, 1.82) is 0 Å². The minimum Gasteiger partial charge on any atom is -0.357 e. The predicted molar refractivity (Wildman–Crippen MR) is 116 cm³/mol. The number of carbonyl (C=O) groups is 2. The number of nitrogens with one attached hydrogen (secondary N) is 1. The van der Waals surface area contributed by atoms with Crippen LogP contribution in [0.1, 0.15) is 25.3 Å². The van der Waals surface area contributed by atoms with Gasteiger partial charge in [0, 0.05) is 33.6 Å². The molecule has 0 bridgehead atoms. The van der Waals surface area contributed by atoms with Crippen molar-refractivity contribution in [3.05, 3.63) is 66.2 Å². The Labute approximate surface area is 178 Å². The highest BCUT2D eigenvalue weighted by molar-refractivity contribution is 7.89. The van der Waals surface area contributed by atoms with Crippen molar-refractivity contribution in [2.75, 3.05) is 20.6 Å². The second-order valence-corrected chi connectivity index (χ2v) is 9.09. The summed E-state index contributed by atoms with van der Waals surface area (Å²) in [4.78, 5) is 26.8. The third kappa shape index (κ3) is 6.14. The van der Waals surface area contributed by atoms with Crippen molar-refractivity contribution in [2.45, 2.75) is 37.2 Å². The van der Waals surface area contributed by atoms with Crippen LogP contribution < -0.4 is 5.32 Å². The summed E-state index contributed by atoms with van der Waals surface area (Å²) in [5.41, 5.74) is 0.922. The third-order valence-electron chi connectivity index (χ3n) is 4.92. The molecule has 0 aliphatic heterocycles. The van der Waals surface area contributed by atoms with E-state index in [0.29, 0.717) is 13.0 Å². The van der Waals surface area contributed by atoms with Gasteiger partial charge in [0.1, 0.15) is 6.04 Å². The Balaban J connectivity index is 2.02. The van der Waals surface area contributed by atoms with E-state index in [4.69, 9.17) is 0 Å². The lowest BCUT2D eigenvalue weighted by atomic mass is 10.1. The van der Waals surface area contributed by atoms with E-state index in [2.05, 4.69) is 5.32 Å². The van der Waals surface area contributed by atoms with Crippen molar-refractivity contribution in [3.8, 4) is 0 Å². The van der Waals surface area contributed by atoms with Gasteiger partial charge in [0.25, 0.3) is 0 Å². The largest absolute Gasteiger partial charge is 0.357 e. The summed E-state index contributed by atoms with van der Waals surface area (Å²) < 4.78 is 26.4. The van der Waals surface area contributed by atoms with Gasteiger partial charge in [-0.15, -0.1) is 0 Å². The number of amides is 2. The number of sulfonamides is 1. The van der Waals surface area contributed by atoms with E-state index < -0.39 is 16.1 Å². The Morgan fingerprint density at radius 2 is 1.57 bits per heavy atom. The molecule has 0 aromatic heterocycles. The predicted octanol–water partition coefficient (Wildman–Crippen LogP) is 2.25. The summed E-state index contributed by atoms with van der Waals surface area (Å²) in [6.07, 6.45) is 0.496. The Morgan fingerprint density at radius 3 is 2.13 bits per heavy atom. The summed E-state index contributed by atoms with van der Waals surface area (Å²) in [6, 6.07) is 17.0. The number of benzene rings is 2. The molecule has 2 aromatic carbocycles. The summed E-state index contributed by atoms with van der Waals surface area (Å²) in [7, 11) is -0.558. The lowest BCUT2D eigenvalue weighted by molar-refractivity contribution is -0.140. The normalized spacial score (nSPS) is 12.4. The minimum absolute atomic E-state index is 0.142. The van der Waals surface area contributed by atoms with Gasteiger partial charge in [-0.05, 0) is 31.0 Å². The maximum atomic E-state index is 12.9. The van der Waals surface area contributed by atoms with E-state index >= 15 is 0 Å². The molecule has 2 amide bonds. The van der Waals surface area contributed by atoms with Gasteiger partial charge in [-0.3, -0.25) is 9.59 Å². The summed E-state index contributed by atoms with van der Waals surface area (Å²) in [6.45, 7) is 2.20. The van der Waals surface area contributed by atoms with Gasteiger partial charge in [-0.25, -0.2) is 12.7 Å². The molecule has 8 heteroatoms. The van der Waals surface area contributed by atoms with Gasteiger partial charge in [0.15, 0.2) is 0 Å². The minimum atomic E-state index is -3.60. The number of likely N-dealkylation sites (N-methyl/N-ethyl adjacent to an activating group) is 1. The van der Waals surface area contributed by atoms with Crippen molar-refractivity contribution < 1.29 is 18.0 Å². The molecule has 0 fully saturated rings. The van der Waals surface area contributed by atoms with Crippen molar-refractivity contribution in [3.63, 3.8) is 0 Å². The molecule has 0 aliphatic rings. The molecule has 0 unspecified atom stereocenters. The first-order valence-corrected chi connectivity index (χ1v) is 11.3. The monoisotopic (exact) mass is 431 g/mol. The quantitative estimate of drug-likeness (QED) is 0.625. The Morgan fingerprint density at radius 1 is 1.00 bits per heavy atom. The second-order valence-electron chi connectivity index (χ2n) is 7.04. The molecule has 1 N–H and O–H groups in total. The standard InChI is InChI=1S/C22H29N3O4S/c1-18(22(27)23-2)25(17-19-11-6-4-7-12-19)21(26)15-10-16-24(3)30(28,29)20-13-8-5-9-14-20/h4-9,11-14,18H,10,15-17H2,1-3H3,(H,23,27)/t18-/m1/s1. The van der Waals surface area contributed by atoms with Crippen LogP contribution in [0.15, 0.2) is 65.6 Å². The average molecular weight is 432 g/mol. The molecule has 0 spiro atoms. The molecule has 2 rings (SSSR count). The number of nitrogens with zero attached hydrogens (tertiary/aromatic N) is 2. The van der Waals surface area contributed by atoms with Crippen LogP contribution in [0.2, 0.25) is 0 Å². The average Bonchev–Trinajstić information content (AvgIpc) is 2.77. The highest BCUT2D eigenvalue weighted by Gasteiger charge is 2.26. The van der Waals surface area contributed by atoms with Crippen LogP contribution in [-0.2, 0) is 26.2 Å². The highest BCUT2D eigenvalue weighted by atomic mass is 32.2. The van der Waals surface area contributed by atoms with Gasteiger partial charge in [-0.1, -0.05) is 48.5 Å². The Hall–Kier alpha value is -2.71. The maximum Gasteiger partial charge on any atom is 0.242 e. The van der Waals surface area contributed by atoms with Crippen LogP contribution in [0.4, 0.5) is 0 Å². The molecule has 0 heterocycles. The number of hydrogen-bond donors (Lipinski definition) is 1. The van der Waals surface area contributed by atoms with Crippen molar-refractivity contribution >= 4 is 21.8 Å². The molecule has 7 nitrogen and oxygen atoms in total. The molecule has 0 radical (unpaired) electrons. The van der Waals surface area contributed by atoms with Crippen molar-refractivity contribution in [2.24, 2.45) is 0 Å². The molecule has 0 aliphatic carbocycles. The van der Waals surface area contributed by atoms with E-state index in [0.717, 1.165) is 5.56 Å². The first kappa shape index (κ1) is 23.6. The van der Waals surface area contributed by atoms with Gasteiger partial charge < -0.3 is 10.2 Å². The molecule has 0 saturated carbocycles. The van der Waals surface area contributed by atoms with Gasteiger partial charge in [-0.2, -0.15) is 0 Å².